The lowest BCUT2D eigenvalue weighted by molar-refractivity contribution is -0.327. The molecule has 10 heteroatoms. The third-order valence-electron chi connectivity index (χ3n) is 4.09. The number of hydrogen-bond acceptors (Lipinski definition) is 2. The van der Waals surface area contributed by atoms with E-state index in [1.807, 2.05) is 0 Å². The second-order valence-corrected chi connectivity index (χ2v) is 6.30. The quantitative estimate of drug-likeness (QED) is 0.637. The molecule has 1 aromatic carbocycles. The lowest BCUT2D eigenvalue weighted by Crippen LogP contribution is -2.54. The molecule has 1 aliphatic rings. The average Bonchev–Trinajstić information content (AvgIpc) is 2.59. The van der Waals surface area contributed by atoms with Gasteiger partial charge in [-0.3, -0.25) is 4.79 Å². The lowest BCUT2D eigenvalue weighted by Gasteiger charge is -2.33. The number of nitrogens with zero attached hydrogens (tertiary/aromatic N) is 1. The highest BCUT2D eigenvalue weighted by Crippen LogP contribution is 2.52. The van der Waals surface area contributed by atoms with Crippen molar-refractivity contribution in [2.45, 2.75) is 30.9 Å². The summed E-state index contributed by atoms with van der Waals surface area (Å²) in [5, 5.41) is 0. The van der Waals surface area contributed by atoms with Crippen molar-refractivity contribution in [3.63, 3.8) is 0 Å². The Kier molecular flexibility index (Phi) is 5.82. The van der Waals surface area contributed by atoms with Gasteiger partial charge in [-0.25, -0.2) is 4.39 Å². The predicted octanol–water partition coefficient (Wildman–Crippen LogP) is 5.20. The van der Waals surface area contributed by atoms with Crippen molar-refractivity contribution in [3.05, 3.63) is 53.3 Å². The number of rotatable bonds is 4. The van der Waals surface area contributed by atoms with Crippen LogP contribution in [0, 0.1) is 0 Å². The lowest BCUT2D eigenvalue weighted by atomic mass is 9.87. The molecule has 28 heavy (non-hydrogen) atoms. The van der Waals surface area contributed by atoms with E-state index >= 15 is 0 Å². The fourth-order valence-corrected chi connectivity index (χ4v) is 2.59. The molecule has 0 unspecified atom stereocenters. The minimum atomic E-state index is -6.13. The normalized spacial score (nSPS) is 15.6. The van der Waals surface area contributed by atoms with Crippen molar-refractivity contribution >= 4 is 5.91 Å². The van der Waals surface area contributed by atoms with Gasteiger partial charge in [0.2, 0.25) is 0 Å². The van der Waals surface area contributed by atoms with E-state index in [0.717, 1.165) is 6.08 Å². The maximum absolute atomic E-state index is 14.0. The average molecular weight is 411 g/mol. The van der Waals surface area contributed by atoms with Crippen LogP contribution in [0.2, 0.25) is 0 Å². The Balaban J connectivity index is 2.20. The molecule has 0 fully saturated rings. The number of benzene rings is 1. The molecule has 154 valence electrons. The van der Waals surface area contributed by atoms with Crippen molar-refractivity contribution in [1.29, 1.82) is 0 Å². The summed E-state index contributed by atoms with van der Waals surface area (Å²) in [5.74, 6) is 0.0493. The van der Waals surface area contributed by atoms with Gasteiger partial charge in [-0.2, -0.15) is 26.3 Å². The molecule has 0 bridgehead atoms. The first-order valence-corrected chi connectivity index (χ1v) is 7.99. The third kappa shape index (κ3) is 4.15. The minimum Gasteiger partial charge on any atom is -0.462 e. The molecular formula is C18H16F7NO2. The number of alkyl halides is 7. The van der Waals surface area contributed by atoms with Crippen LogP contribution in [0.15, 0.2) is 47.7 Å². The van der Waals surface area contributed by atoms with Crippen LogP contribution >= 0.6 is 0 Å². The van der Waals surface area contributed by atoms with Gasteiger partial charge in [0, 0.05) is 26.1 Å². The fourth-order valence-electron chi connectivity index (χ4n) is 2.59. The first kappa shape index (κ1) is 21.8. The van der Waals surface area contributed by atoms with E-state index in [0.29, 0.717) is 11.6 Å². The summed E-state index contributed by atoms with van der Waals surface area (Å²) in [6.07, 6.45) is -12.1. The standard InChI is InChI=1S/C18H16F7NO2/c1-26(2)15(27)11-3-7-13(8-4-11)28-14-9-5-12(6-10-14)16(19,17(20,21)22)18(23,24)25/h3-5,7-9H,6,10H2,1-2H3. The Morgan fingerprint density at radius 1 is 0.893 bits per heavy atom. The molecule has 3 nitrogen and oxygen atoms in total. The van der Waals surface area contributed by atoms with Gasteiger partial charge in [0.05, 0.1) is 0 Å². The van der Waals surface area contributed by atoms with Crippen molar-refractivity contribution < 1.29 is 40.3 Å². The zero-order chi connectivity index (χ0) is 21.3. The van der Waals surface area contributed by atoms with Crippen LogP contribution in [0.3, 0.4) is 0 Å². The van der Waals surface area contributed by atoms with E-state index < -0.39 is 30.0 Å². The van der Waals surface area contributed by atoms with Crippen molar-refractivity contribution in [2.75, 3.05) is 14.1 Å². The highest BCUT2D eigenvalue weighted by atomic mass is 19.4. The summed E-state index contributed by atoms with van der Waals surface area (Å²) >= 11 is 0. The van der Waals surface area contributed by atoms with Crippen LogP contribution in [0.5, 0.6) is 5.75 Å². The number of carbonyl (C=O) groups is 1. The number of ether oxygens (including phenoxy) is 1. The smallest absolute Gasteiger partial charge is 0.435 e. The number of halogens is 7. The highest BCUT2D eigenvalue weighted by Gasteiger charge is 2.74. The van der Waals surface area contributed by atoms with E-state index in [9.17, 15) is 35.5 Å². The first-order valence-electron chi connectivity index (χ1n) is 7.99. The Labute approximate surface area is 156 Å². The zero-order valence-electron chi connectivity index (χ0n) is 14.8. The number of hydrogen-bond donors (Lipinski definition) is 0. The predicted molar refractivity (Wildman–Crippen MR) is 86.4 cm³/mol. The van der Waals surface area contributed by atoms with Crippen molar-refractivity contribution in [2.24, 2.45) is 0 Å². The highest BCUT2D eigenvalue weighted by molar-refractivity contribution is 5.93. The summed E-state index contributed by atoms with van der Waals surface area (Å²) in [4.78, 5) is 13.1. The minimum absolute atomic E-state index is 0.0714. The Morgan fingerprint density at radius 2 is 1.43 bits per heavy atom. The molecule has 0 radical (unpaired) electrons. The Hall–Kier alpha value is -2.52. The molecule has 2 rings (SSSR count). The monoisotopic (exact) mass is 411 g/mol. The molecule has 1 amide bonds. The van der Waals surface area contributed by atoms with Gasteiger partial charge in [-0.15, -0.1) is 0 Å². The number of allylic oxidation sites excluding steroid dienone is 4. The second kappa shape index (κ2) is 7.48. The van der Waals surface area contributed by atoms with Gasteiger partial charge in [0.25, 0.3) is 5.91 Å². The van der Waals surface area contributed by atoms with Crippen LogP contribution < -0.4 is 4.74 Å². The largest absolute Gasteiger partial charge is 0.462 e. The van der Waals surface area contributed by atoms with Crippen LogP contribution in [0.25, 0.3) is 0 Å². The second-order valence-electron chi connectivity index (χ2n) is 6.30. The maximum Gasteiger partial charge on any atom is 0.435 e. The summed E-state index contributed by atoms with van der Waals surface area (Å²) in [6, 6.07) is 5.79. The molecule has 0 aliphatic heterocycles. The molecule has 0 atom stereocenters. The Bertz CT molecular complexity index is 776. The number of amides is 1. The molecular weight excluding hydrogens is 395 g/mol. The van der Waals surface area contributed by atoms with Gasteiger partial charge >= 0.3 is 18.0 Å². The van der Waals surface area contributed by atoms with Crippen molar-refractivity contribution in [1.82, 2.24) is 4.90 Å². The van der Waals surface area contributed by atoms with Gasteiger partial charge in [0.1, 0.15) is 11.5 Å². The SMILES string of the molecule is CN(C)C(=O)c1ccc(OC2=CC=C(C(F)(C(F)(F)F)C(F)(F)F)CC2)cc1. The van der Waals surface area contributed by atoms with E-state index in [1.165, 1.54) is 29.2 Å². The molecule has 0 saturated carbocycles. The van der Waals surface area contributed by atoms with E-state index in [-0.39, 0.29) is 23.8 Å². The van der Waals surface area contributed by atoms with Crippen LogP contribution in [-0.2, 0) is 0 Å². The van der Waals surface area contributed by atoms with Crippen LogP contribution in [-0.4, -0.2) is 42.9 Å². The van der Waals surface area contributed by atoms with E-state index in [2.05, 4.69) is 0 Å². The van der Waals surface area contributed by atoms with Gasteiger partial charge in [-0.05, 0) is 42.3 Å². The summed E-state index contributed by atoms with van der Waals surface area (Å²) in [5.41, 5.74) is -6.46. The maximum atomic E-state index is 14.0. The molecule has 0 N–H and O–H groups in total. The molecule has 1 aliphatic carbocycles. The van der Waals surface area contributed by atoms with Crippen LogP contribution in [0.1, 0.15) is 23.2 Å². The summed E-state index contributed by atoms with van der Waals surface area (Å²) in [7, 11) is 3.13. The zero-order valence-corrected chi connectivity index (χ0v) is 14.8. The van der Waals surface area contributed by atoms with Gasteiger partial charge in [-0.1, -0.05) is 6.08 Å². The summed E-state index contributed by atoms with van der Waals surface area (Å²) in [6.45, 7) is 0. The fraction of sp³-hybridized carbons (Fsp3) is 0.389. The first-order chi connectivity index (χ1) is 12.8. The van der Waals surface area contributed by atoms with Gasteiger partial charge < -0.3 is 9.64 Å². The number of carbonyl (C=O) groups excluding carboxylic acids is 1. The molecule has 0 saturated heterocycles. The van der Waals surface area contributed by atoms with Crippen molar-refractivity contribution in [3.8, 4) is 5.75 Å². The molecule has 0 aromatic heterocycles. The molecule has 0 heterocycles. The molecule has 1 aromatic rings. The summed E-state index contributed by atoms with van der Waals surface area (Å²) < 4.78 is 96.0. The molecule has 0 spiro atoms. The van der Waals surface area contributed by atoms with E-state index in [1.54, 1.807) is 14.1 Å². The topological polar surface area (TPSA) is 29.5 Å². The third-order valence-corrected chi connectivity index (χ3v) is 4.09. The van der Waals surface area contributed by atoms with Crippen LogP contribution in [0.4, 0.5) is 30.7 Å². The van der Waals surface area contributed by atoms with E-state index in [4.69, 9.17) is 4.74 Å². The Morgan fingerprint density at radius 3 is 1.82 bits per heavy atom. The van der Waals surface area contributed by atoms with Gasteiger partial charge in [0.15, 0.2) is 0 Å².